The molecule has 0 unspecified atom stereocenters. The molecule has 1 aromatic carbocycles. The van der Waals surface area contributed by atoms with Gasteiger partial charge in [0.1, 0.15) is 5.57 Å². The number of hydrogen-bond acceptors (Lipinski definition) is 4. The summed E-state index contributed by atoms with van der Waals surface area (Å²) in [6, 6.07) is 4.78. The summed E-state index contributed by atoms with van der Waals surface area (Å²) in [7, 11) is 1.06. The van der Waals surface area contributed by atoms with Crippen molar-refractivity contribution in [1.29, 1.82) is 0 Å². The lowest BCUT2D eigenvalue weighted by Crippen LogP contribution is -2.80. The van der Waals surface area contributed by atoms with E-state index >= 15 is 0 Å². The Morgan fingerprint density at radius 2 is 2.04 bits per heavy atom. The number of amides is 1. The van der Waals surface area contributed by atoms with Crippen molar-refractivity contribution in [3.63, 3.8) is 0 Å². The minimum atomic E-state index is -4.90. The number of fused-ring (bicyclic) bond motifs is 1. The summed E-state index contributed by atoms with van der Waals surface area (Å²) in [6.07, 6.45) is -4.28. The zero-order valence-electron chi connectivity index (χ0n) is 13.9. The fourth-order valence-corrected chi connectivity index (χ4v) is 2.29. The average molecular weight is 377 g/mol. The summed E-state index contributed by atoms with van der Waals surface area (Å²) >= 11 is 0. The third kappa shape index (κ3) is 4.52. The van der Waals surface area contributed by atoms with Crippen LogP contribution in [-0.4, -0.2) is 26.0 Å². The Bertz CT molecular complexity index is 744. The van der Waals surface area contributed by atoms with Gasteiger partial charge in [-0.15, -0.1) is 9.87 Å². The number of nitrogens with two attached hydrogens (primary N) is 1. The van der Waals surface area contributed by atoms with E-state index in [0.717, 1.165) is 14.0 Å². The Hall–Kier alpha value is -2.59. The maximum atomic E-state index is 14.1. The first kappa shape index (κ1) is 19.7. The second-order valence-electron chi connectivity index (χ2n) is 5.15. The van der Waals surface area contributed by atoms with Crippen LogP contribution in [-0.2, 0) is 16.2 Å². The second kappa shape index (κ2) is 8.19. The molecule has 10 heteroatoms. The molecule has 3 N–H and O–H groups in total. The van der Waals surface area contributed by atoms with Gasteiger partial charge in [0.05, 0.1) is 12.7 Å². The Morgan fingerprint density at radius 3 is 2.65 bits per heavy atom. The molecule has 26 heavy (non-hydrogen) atoms. The topological polar surface area (TPSA) is 73.4 Å². The molecule has 1 aliphatic rings. The number of rotatable bonds is 6. The highest BCUT2D eigenvalue weighted by Gasteiger charge is 2.41. The van der Waals surface area contributed by atoms with Gasteiger partial charge >= 0.3 is 12.1 Å². The highest BCUT2D eigenvalue weighted by Crippen LogP contribution is 2.33. The molecular weight excluding hydrogens is 360 g/mol. The predicted molar refractivity (Wildman–Crippen MR) is 81.3 cm³/mol. The molecule has 0 bridgehead atoms. The Kier molecular flexibility index (Phi) is 6.22. The maximum absolute atomic E-state index is 14.1. The van der Waals surface area contributed by atoms with E-state index < -0.39 is 29.2 Å². The van der Waals surface area contributed by atoms with E-state index in [-0.39, 0.29) is 13.3 Å². The molecule has 1 aliphatic heterocycles. The number of alkyl halides is 3. The standard InChI is InChI=1S/C16H16F4N2O4/c1-3-10(16(18,19)20)13(14(17)22-24-2)15(23)21-7-9-4-5-11-12(6-9)26-8-25-11/h3-6,22H,7-8H2,1-2H3,(H,21,23)/p+1/b10-3+,14-13+. The molecule has 0 atom stereocenters. The maximum Gasteiger partial charge on any atom is 0.417 e. The number of halogens is 4. The van der Waals surface area contributed by atoms with Gasteiger partial charge < -0.3 is 14.8 Å². The van der Waals surface area contributed by atoms with E-state index in [4.69, 9.17) is 9.47 Å². The Labute approximate surface area is 146 Å². The summed E-state index contributed by atoms with van der Waals surface area (Å²) in [5.41, 5.74) is -1.56. The number of carbonyl (C=O) groups excluding carboxylic acids is 1. The van der Waals surface area contributed by atoms with E-state index in [9.17, 15) is 22.4 Å². The molecule has 0 saturated heterocycles. The summed E-state index contributed by atoms with van der Waals surface area (Å²) in [5.74, 6) is -1.68. The first-order valence-corrected chi connectivity index (χ1v) is 7.44. The van der Waals surface area contributed by atoms with Crippen molar-refractivity contribution in [2.45, 2.75) is 19.6 Å². The van der Waals surface area contributed by atoms with Crippen LogP contribution in [0.3, 0.4) is 0 Å². The van der Waals surface area contributed by atoms with Crippen molar-refractivity contribution in [3.05, 3.63) is 46.9 Å². The van der Waals surface area contributed by atoms with Crippen LogP contribution in [0, 0.1) is 0 Å². The van der Waals surface area contributed by atoms with E-state index in [1.807, 2.05) is 0 Å². The molecule has 2 rings (SSSR count). The van der Waals surface area contributed by atoms with Crippen LogP contribution in [0.1, 0.15) is 12.5 Å². The molecule has 1 aromatic rings. The first-order chi connectivity index (χ1) is 12.3. The molecule has 0 aliphatic carbocycles. The molecule has 1 heterocycles. The Balaban J connectivity index is 2.20. The van der Waals surface area contributed by atoms with Crippen LogP contribution in [0.5, 0.6) is 11.5 Å². The second-order valence-corrected chi connectivity index (χ2v) is 5.15. The SMILES string of the molecule is C/C=C(\C(C(=O)NCc1ccc2c(c1)OCO2)=C(\F)[NH2+]OC)C(F)(F)F. The molecule has 0 aromatic heterocycles. The molecule has 6 nitrogen and oxygen atoms in total. The normalized spacial score (nSPS) is 14.9. The van der Waals surface area contributed by atoms with Gasteiger partial charge in [0.25, 0.3) is 5.91 Å². The third-order valence-corrected chi connectivity index (χ3v) is 3.44. The zero-order valence-corrected chi connectivity index (χ0v) is 13.9. The third-order valence-electron chi connectivity index (χ3n) is 3.44. The van der Waals surface area contributed by atoms with Crippen LogP contribution >= 0.6 is 0 Å². The summed E-state index contributed by atoms with van der Waals surface area (Å²) in [4.78, 5) is 16.6. The van der Waals surface area contributed by atoms with Gasteiger partial charge in [-0.1, -0.05) is 12.1 Å². The van der Waals surface area contributed by atoms with Gasteiger partial charge in [-0.3, -0.25) is 4.79 Å². The highest BCUT2D eigenvalue weighted by molar-refractivity contribution is 5.98. The van der Waals surface area contributed by atoms with Crippen molar-refractivity contribution in [2.75, 3.05) is 13.9 Å². The Morgan fingerprint density at radius 1 is 1.35 bits per heavy atom. The zero-order chi connectivity index (χ0) is 19.3. The lowest BCUT2D eigenvalue weighted by Gasteiger charge is -2.14. The largest absolute Gasteiger partial charge is 0.454 e. The van der Waals surface area contributed by atoms with Crippen molar-refractivity contribution in [1.82, 2.24) is 5.32 Å². The number of carbonyl (C=O) groups is 1. The van der Waals surface area contributed by atoms with Gasteiger partial charge in [-0.2, -0.15) is 13.2 Å². The lowest BCUT2D eigenvalue weighted by atomic mass is 10.0. The summed E-state index contributed by atoms with van der Waals surface area (Å²) in [5, 5.41) is 2.27. The van der Waals surface area contributed by atoms with Crippen molar-refractivity contribution in [2.24, 2.45) is 0 Å². The number of allylic oxidation sites excluding steroid dienone is 1. The molecule has 0 radical (unpaired) electrons. The van der Waals surface area contributed by atoms with E-state index in [1.54, 1.807) is 18.2 Å². The summed E-state index contributed by atoms with van der Waals surface area (Å²) in [6.45, 7) is 0.994. The minimum Gasteiger partial charge on any atom is -0.454 e. The number of hydrogen-bond donors (Lipinski definition) is 2. The van der Waals surface area contributed by atoms with Gasteiger partial charge in [-0.25, -0.2) is 4.84 Å². The smallest absolute Gasteiger partial charge is 0.417 e. The predicted octanol–water partition coefficient (Wildman–Crippen LogP) is 1.85. The number of ether oxygens (including phenoxy) is 2. The fourth-order valence-electron chi connectivity index (χ4n) is 2.29. The minimum absolute atomic E-state index is 0.0618. The van der Waals surface area contributed by atoms with E-state index in [1.165, 1.54) is 0 Å². The van der Waals surface area contributed by atoms with Crippen molar-refractivity contribution < 1.29 is 42.1 Å². The number of benzene rings is 1. The number of nitrogens with one attached hydrogen (secondary N) is 1. The first-order valence-electron chi connectivity index (χ1n) is 7.44. The monoisotopic (exact) mass is 377 g/mol. The molecule has 0 spiro atoms. The van der Waals surface area contributed by atoms with Crippen molar-refractivity contribution >= 4 is 5.91 Å². The van der Waals surface area contributed by atoms with Gasteiger partial charge in [0.2, 0.25) is 6.79 Å². The van der Waals surface area contributed by atoms with Crippen LogP contribution in [0.2, 0.25) is 0 Å². The lowest BCUT2D eigenvalue weighted by molar-refractivity contribution is -0.864. The number of hydroxylamine groups is 1. The molecule has 0 fully saturated rings. The fraction of sp³-hybridized carbons (Fsp3) is 0.312. The average Bonchev–Trinajstić information content (AvgIpc) is 3.04. The molecule has 1 amide bonds. The molecule has 0 saturated carbocycles. The van der Waals surface area contributed by atoms with Gasteiger partial charge in [0.15, 0.2) is 11.5 Å². The van der Waals surface area contributed by atoms with Crippen LogP contribution in [0.15, 0.2) is 41.4 Å². The quantitative estimate of drug-likeness (QED) is 0.261. The number of quaternary nitrogens is 1. The van der Waals surface area contributed by atoms with Crippen molar-refractivity contribution in [3.8, 4) is 11.5 Å². The molecule has 142 valence electrons. The van der Waals surface area contributed by atoms with Gasteiger partial charge in [0, 0.05) is 6.54 Å². The molecular formula is C16H17F4N2O4+. The summed E-state index contributed by atoms with van der Waals surface area (Å²) < 4.78 is 63.7. The van der Waals surface area contributed by atoms with Crippen LogP contribution in [0.4, 0.5) is 17.6 Å². The van der Waals surface area contributed by atoms with Crippen LogP contribution in [0.25, 0.3) is 0 Å². The van der Waals surface area contributed by atoms with E-state index in [2.05, 4.69) is 10.2 Å². The van der Waals surface area contributed by atoms with Gasteiger partial charge in [-0.05, 0) is 24.6 Å². The van der Waals surface area contributed by atoms with E-state index in [0.29, 0.717) is 28.6 Å². The highest BCUT2D eigenvalue weighted by atomic mass is 19.4. The van der Waals surface area contributed by atoms with Crippen LogP contribution < -0.4 is 20.3 Å².